The fourth-order valence-electron chi connectivity index (χ4n) is 4.12. The SMILES string of the molecule is Cc1cc(NC(=O)CN2C(=O)NC(C)(c3ccc4ccccc4c3)C2=O)ccc1N(C)C. The molecule has 3 aromatic rings. The molecule has 1 aliphatic heterocycles. The Morgan fingerprint density at radius 3 is 2.44 bits per heavy atom. The van der Waals surface area contributed by atoms with Crippen molar-refractivity contribution in [3.63, 3.8) is 0 Å². The first-order valence-electron chi connectivity index (χ1n) is 10.4. The van der Waals surface area contributed by atoms with Crippen molar-refractivity contribution in [1.29, 1.82) is 0 Å². The number of amides is 4. The van der Waals surface area contributed by atoms with Gasteiger partial charge >= 0.3 is 6.03 Å². The lowest BCUT2D eigenvalue weighted by atomic mass is 9.90. The maximum absolute atomic E-state index is 13.2. The molecule has 1 heterocycles. The largest absolute Gasteiger partial charge is 0.377 e. The van der Waals surface area contributed by atoms with Crippen LogP contribution in [-0.2, 0) is 15.1 Å². The Labute approximate surface area is 187 Å². The van der Waals surface area contributed by atoms with E-state index < -0.39 is 23.4 Å². The minimum atomic E-state index is -1.23. The first-order valence-corrected chi connectivity index (χ1v) is 10.4. The second-order valence-electron chi connectivity index (χ2n) is 8.45. The maximum atomic E-state index is 13.2. The monoisotopic (exact) mass is 430 g/mol. The van der Waals surface area contributed by atoms with E-state index in [0.717, 1.165) is 26.9 Å². The first kappa shape index (κ1) is 21.4. The summed E-state index contributed by atoms with van der Waals surface area (Å²) in [5.41, 5.74) is 2.11. The van der Waals surface area contributed by atoms with Gasteiger partial charge in [0.15, 0.2) is 0 Å². The predicted molar refractivity (Wildman–Crippen MR) is 126 cm³/mol. The second kappa shape index (κ2) is 8.00. The van der Waals surface area contributed by atoms with Crippen molar-refractivity contribution >= 4 is 40.0 Å². The van der Waals surface area contributed by atoms with Crippen LogP contribution < -0.4 is 15.5 Å². The van der Waals surface area contributed by atoms with E-state index in [2.05, 4.69) is 10.6 Å². The van der Waals surface area contributed by atoms with Gasteiger partial charge in [-0.2, -0.15) is 0 Å². The van der Waals surface area contributed by atoms with Crippen molar-refractivity contribution in [3.8, 4) is 0 Å². The van der Waals surface area contributed by atoms with Crippen molar-refractivity contribution in [1.82, 2.24) is 10.2 Å². The Morgan fingerprint density at radius 1 is 1.03 bits per heavy atom. The van der Waals surface area contributed by atoms with Crippen molar-refractivity contribution in [2.45, 2.75) is 19.4 Å². The van der Waals surface area contributed by atoms with Crippen molar-refractivity contribution in [2.24, 2.45) is 0 Å². The Balaban J connectivity index is 1.51. The van der Waals surface area contributed by atoms with Gasteiger partial charge in [-0.3, -0.25) is 14.5 Å². The lowest BCUT2D eigenvalue weighted by Gasteiger charge is -2.22. The Bertz CT molecular complexity index is 1240. The van der Waals surface area contributed by atoms with E-state index in [1.165, 1.54) is 0 Å². The van der Waals surface area contributed by atoms with Gasteiger partial charge in [0.05, 0.1) is 0 Å². The third kappa shape index (κ3) is 3.77. The molecule has 0 aromatic heterocycles. The van der Waals surface area contributed by atoms with Crippen molar-refractivity contribution in [2.75, 3.05) is 30.9 Å². The quantitative estimate of drug-likeness (QED) is 0.606. The van der Waals surface area contributed by atoms with Gasteiger partial charge in [-0.15, -0.1) is 0 Å². The molecule has 0 bridgehead atoms. The highest BCUT2D eigenvalue weighted by Gasteiger charge is 2.49. The molecule has 4 rings (SSSR count). The number of benzene rings is 3. The van der Waals surface area contributed by atoms with E-state index in [1.807, 2.05) is 80.5 Å². The highest BCUT2D eigenvalue weighted by Crippen LogP contribution is 2.31. The summed E-state index contributed by atoms with van der Waals surface area (Å²) in [5, 5.41) is 7.56. The third-order valence-electron chi connectivity index (χ3n) is 5.87. The summed E-state index contributed by atoms with van der Waals surface area (Å²) in [7, 11) is 3.90. The molecule has 7 heteroatoms. The summed E-state index contributed by atoms with van der Waals surface area (Å²) in [6, 6.07) is 18.4. The minimum Gasteiger partial charge on any atom is -0.377 e. The molecule has 1 atom stereocenters. The van der Waals surface area contributed by atoms with Gasteiger partial charge in [-0.1, -0.05) is 36.4 Å². The highest BCUT2D eigenvalue weighted by molar-refractivity contribution is 6.10. The zero-order valence-corrected chi connectivity index (χ0v) is 18.6. The van der Waals surface area contributed by atoms with Gasteiger partial charge in [0, 0.05) is 25.5 Å². The molecule has 1 fully saturated rings. The number of anilines is 2. The number of nitrogens with zero attached hydrogens (tertiary/aromatic N) is 2. The molecule has 0 spiro atoms. The lowest BCUT2D eigenvalue weighted by molar-refractivity contribution is -0.133. The summed E-state index contributed by atoms with van der Waals surface area (Å²) in [4.78, 5) is 41.4. The topological polar surface area (TPSA) is 81.8 Å². The third-order valence-corrected chi connectivity index (χ3v) is 5.87. The van der Waals surface area contributed by atoms with Crippen LogP contribution in [0.3, 0.4) is 0 Å². The fraction of sp³-hybridized carbons (Fsp3) is 0.240. The molecular weight excluding hydrogens is 404 g/mol. The summed E-state index contributed by atoms with van der Waals surface area (Å²) < 4.78 is 0. The van der Waals surface area contributed by atoms with E-state index in [4.69, 9.17) is 0 Å². The van der Waals surface area contributed by atoms with Crippen molar-refractivity contribution in [3.05, 3.63) is 71.8 Å². The predicted octanol–water partition coefficient (Wildman–Crippen LogP) is 3.62. The Morgan fingerprint density at radius 2 is 1.75 bits per heavy atom. The van der Waals surface area contributed by atoms with E-state index in [0.29, 0.717) is 11.3 Å². The van der Waals surface area contributed by atoms with Crippen LogP contribution in [0.1, 0.15) is 18.1 Å². The molecule has 32 heavy (non-hydrogen) atoms. The first-order chi connectivity index (χ1) is 15.2. The van der Waals surface area contributed by atoms with E-state index in [9.17, 15) is 14.4 Å². The smallest absolute Gasteiger partial charge is 0.325 e. The average molecular weight is 431 g/mol. The molecule has 0 aliphatic carbocycles. The highest BCUT2D eigenvalue weighted by atomic mass is 16.2. The van der Waals surface area contributed by atoms with E-state index in [1.54, 1.807) is 13.0 Å². The number of aryl methyl sites for hydroxylation is 1. The van der Waals surface area contributed by atoms with Gasteiger partial charge in [-0.25, -0.2) is 4.79 Å². The van der Waals surface area contributed by atoms with E-state index >= 15 is 0 Å². The van der Waals surface area contributed by atoms with E-state index in [-0.39, 0.29) is 6.54 Å². The number of urea groups is 1. The van der Waals surface area contributed by atoms with Crippen LogP contribution in [0.5, 0.6) is 0 Å². The number of carbonyl (C=O) groups excluding carboxylic acids is 3. The average Bonchev–Trinajstić information content (AvgIpc) is 2.97. The molecule has 1 aliphatic rings. The number of rotatable bonds is 5. The zero-order valence-electron chi connectivity index (χ0n) is 18.6. The van der Waals surface area contributed by atoms with Gasteiger partial charge in [0.2, 0.25) is 5.91 Å². The fourth-order valence-corrected chi connectivity index (χ4v) is 4.12. The molecule has 3 aromatic carbocycles. The molecule has 0 radical (unpaired) electrons. The number of carbonyl (C=O) groups is 3. The molecule has 164 valence electrons. The van der Waals surface area contributed by atoms with Crippen LogP contribution in [0, 0.1) is 6.92 Å². The summed E-state index contributed by atoms with van der Waals surface area (Å²) in [6.45, 7) is 3.26. The van der Waals surface area contributed by atoms with Crippen molar-refractivity contribution < 1.29 is 14.4 Å². The van der Waals surface area contributed by atoms with Crippen LogP contribution in [0.15, 0.2) is 60.7 Å². The van der Waals surface area contributed by atoms with Crippen LogP contribution in [0.4, 0.5) is 16.2 Å². The lowest BCUT2D eigenvalue weighted by Crippen LogP contribution is -2.42. The number of fused-ring (bicyclic) bond motifs is 1. The molecule has 2 N–H and O–H groups in total. The zero-order chi connectivity index (χ0) is 23.0. The number of nitrogens with one attached hydrogen (secondary N) is 2. The van der Waals surface area contributed by atoms with Crippen LogP contribution >= 0.6 is 0 Å². The molecule has 0 saturated carbocycles. The number of hydrogen-bond acceptors (Lipinski definition) is 4. The molecule has 1 saturated heterocycles. The number of imide groups is 1. The molecule has 1 unspecified atom stereocenters. The maximum Gasteiger partial charge on any atom is 0.325 e. The molecular formula is C25H26N4O3. The van der Waals surface area contributed by atoms with Gasteiger partial charge in [-0.05, 0) is 60.0 Å². The van der Waals surface area contributed by atoms with Crippen LogP contribution in [-0.4, -0.2) is 43.4 Å². The summed E-state index contributed by atoms with van der Waals surface area (Å²) >= 11 is 0. The minimum absolute atomic E-state index is 0.359. The Kier molecular flexibility index (Phi) is 5.34. The van der Waals surface area contributed by atoms with Gasteiger partial charge in [0.1, 0.15) is 12.1 Å². The standard InChI is InChI=1S/C25H26N4O3/c1-16-13-20(11-12-21(16)28(3)4)26-22(30)15-29-23(31)25(2,27-24(29)32)19-10-9-17-7-5-6-8-18(17)14-19/h5-14H,15H2,1-4H3,(H,26,30)(H,27,32). The second-order valence-corrected chi connectivity index (χ2v) is 8.45. The van der Waals surface area contributed by atoms with Crippen LogP contribution in [0.25, 0.3) is 10.8 Å². The van der Waals surface area contributed by atoms with Gasteiger partial charge in [0.25, 0.3) is 5.91 Å². The normalized spacial score (nSPS) is 18.1. The number of hydrogen-bond donors (Lipinski definition) is 2. The summed E-state index contributed by atoms with van der Waals surface area (Å²) in [5.74, 6) is -0.889. The van der Waals surface area contributed by atoms with Gasteiger partial charge < -0.3 is 15.5 Å². The molecule has 7 nitrogen and oxygen atoms in total. The Hall–Kier alpha value is -3.87. The van der Waals surface area contributed by atoms with Crippen LogP contribution in [0.2, 0.25) is 0 Å². The summed E-state index contributed by atoms with van der Waals surface area (Å²) in [6.07, 6.45) is 0. The molecule has 4 amide bonds.